The van der Waals surface area contributed by atoms with Crippen molar-refractivity contribution in [2.45, 2.75) is 19.8 Å². The van der Waals surface area contributed by atoms with Gasteiger partial charge in [-0.25, -0.2) is 0 Å². The summed E-state index contributed by atoms with van der Waals surface area (Å²) in [6, 6.07) is 14.7. The fourth-order valence-corrected chi connectivity index (χ4v) is 1.70. The summed E-state index contributed by atoms with van der Waals surface area (Å²) in [5.41, 5.74) is 1.13. The third-order valence-corrected chi connectivity index (χ3v) is 2.56. The quantitative estimate of drug-likeness (QED) is 0.662. The number of nitrogens with zero attached hydrogens (tertiary/aromatic N) is 1. The van der Waals surface area contributed by atoms with Crippen LogP contribution in [-0.2, 0) is 0 Å². The van der Waals surface area contributed by atoms with Gasteiger partial charge in [-0.1, -0.05) is 49.7 Å². The van der Waals surface area contributed by atoms with E-state index in [0.29, 0.717) is 0 Å². The molecule has 77 valence electrons. The standard InChI is InChI=1S/C14H16N/c1-2-3-11-15-14-10-6-8-12-7-4-5-9-13(12)14/h4-10H,2-3,11H2,1H3. The van der Waals surface area contributed by atoms with E-state index in [1.807, 2.05) is 0 Å². The van der Waals surface area contributed by atoms with Crippen LogP contribution in [0.25, 0.3) is 10.8 Å². The van der Waals surface area contributed by atoms with Crippen LogP contribution in [-0.4, -0.2) is 6.54 Å². The topological polar surface area (TPSA) is 14.1 Å². The molecular formula is C14H16N. The van der Waals surface area contributed by atoms with Gasteiger partial charge in [0.2, 0.25) is 0 Å². The maximum Gasteiger partial charge on any atom is 0.0652 e. The Hall–Kier alpha value is -1.50. The molecule has 1 radical (unpaired) electrons. The second kappa shape index (κ2) is 4.83. The van der Waals surface area contributed by atoms with Crippen LogP contribution in [0, 0.1) is 0 Å². The van der Waals surface area contributed by atoms with Crippen LogP contribution in [0.1, 0.15) is 19.8 Å². The van der Waals surface area contributed by atoms with E-state index in [-0.39, 0.29) is 0 Å². The van der Waals surface area contributed by atoms with Crippen LogP contribution in [0.3, 0.4) is 0 Å². The monoisotopic (exact) mass is 198 g/mol. The summed E-state index contributed by atoms with van der Waals surface area (Å²) in [7, 11) is 0. The van der Waals surface area contributed by atoms with Crippen LogP contribution < -0.4 is 5.32 Å². The third-order valence-electron chi connectivity index (χ3n) is 2.56. The minimum atomic E-state index is 0.935. The van der Waals surface area contributed by atoms with Crippen LogP contribution >= 0.6 is 0 Å². The van der Waals surface area contributed by atoms with E-state index < -0.39 is 0 Å². The van der Waals surface area contributed by atoms with Crippen molar-refractivity contribution in [1.82, 2.24) is 5.32 Å². The van der Waals surface area contributed by atoms with Crippen LogP contribution in [0.15, 0.2) is 42.5 Å². The van der Waals surface area contributed by atoms with E-state index in [4.69, 9.17) is 0 Å². The minimum Gasteiger partial charge on any atom is -0.285 e. The van der Waals surface area contributed by atoms with Gasteiger partial charge in [-0.3, -0.25) is 5.32 Å². The molecular weight excluding hydrogens is 182 g/mol. The molecule has 0 atom stereocenters. The average molecular weight is 198 g/mol. The molecule has 0 saturated heterocycles. The van der Waals surface area contributed by atoms with Crippen LogP contribution in [0.2, 0.25) is 0 Å². The fourth-order valence-electron chi connectivity index (χ4n) is 1.70. The smallest absolute Gasteiger partial charge is 0.0652 e. The Balaban J connectivity index is 2.26. The molecule has 0 N–H and O–H groups in total. The molecule has 0 bridgehead atoms. The minimum absolute atomic E-state index is 0.935. The molecule has 0 aliphatic rings. The molecule has 2 aromatic rings. The Kier molecular flexibility index (Phi) is 3.23. The number of fused-ring (bicyclic) bond motifs is 1. The van der Waals surface area contributed by atoms with E-state index in [0.717, 1.165) is 12.2 Å². The molecule has 15 heavy (non-hydrogen) atoms. The summed E-state index contributed by atoms with van der Waals surface area (Å²) < 4.78 is 0. The second-order valence-corrected chi connectivity index (χ2v) is 3.73. The highest BCUT2D eigenvalue weighted by molar-refractivity contribution is 5.92. The summed E-state index contributed by atoms with van der Waals surface area (Å²) >= 11 is 0. The normalized spacial score (nSPS) is 10.5. The van der Waals surface area contributed by atoms with Crippen molar-refractivity contribution in [3.8, 4) is 0 Å². The number of hydrogen-bond acceptors (Lipinski definition) is 0. The first-order valence-electron chi connectivity index (χ1n) is 5.57. The first kappa shape index (κ1) is 10.0. The summed E-state index contributed by atoms with van der Waals surface area (Å²) in [5, 5.41) is 7.16. The number of rotatable bonds is 4. The maximum absolute atomic E-state index is 4.62. The van der Waals surface area contributed by atoms with Gasteiger partial charge in [0.1, 0.15) is 0 Å². The largest absolute Gasteiger partial charge is 0.285 e. The Morgan fingerprint density at radius 3 is 2.67 bits per heavy atom. The number of unbranched alkanes of at least 4 members (excludes halogenated alkanes) is 1. The van der Waals surface area contributed by atoms with Crippen molar-refractivity contribution in [3.63, 3.8) is 0 Å². The predicted molar refractivity (Wildman–Crippen MR) is 65.5 cm³/mol. The highest BCUT2D eigenvalue weighted by Crippen LogP contribution is 2.22. The van der Waals surface area contributed by atoms with Crippen molar-refractivity contribution in [2.75, 3.05) is 6.54 Å². The number of hydrogen-bond donors (Lipinski definition) is 0. The van der Waals surface area contributed by atoms with Gasteiger partial charge < -0.3 is 0 Å². The van der Waals surface area contributed by atoms with E-state index >= 15 is 0 Å². The molecule has 0 amide bonds. The Morgan fingerprint density at radius 2 is 1.80 bits per heavy atom. The molecule has 0 aromatic heterocycles. The van der Waals surface area contributed by atoms with Gasteiger partial charge in [-0.15, -0.1) is 0 Å². The molecule has 0 unspecified atom stereocenters. The lowest BCUT2D eigenvalue weighted by molar-refractivity contribution is 0.734. The zero-order chi connectivity index (χ0) is 10.5. The SMILES string of the molecule is CCCC[N]c1cccc2ccccc12. The highest BCUT2D eigenvalue weighted by Gasteiger charge is 1.99. The van der Waals surface area contributed by atoms with Crippen molar-refractivity contribution in [1.29, 1.82) is 0 Å². The first-order valence-corrected chi connectivity index (χ1v) is 5.57. The molecule has 0 aliphatic carbocycles. The second-order valence-electron chi connectivity index (χ2n) is 3.73. The zero-order valence-corrected chi connectivity index (χ0v) is 9.11. The van der Waals surface area contributed by atoms with E-state index in [2.05, 4.69) is 54.7 Å². The van der Waals surface area contributed by atoms with Gasteiger partial charge >= 0.3 is 0 Å². The lowest BCUT2D eigenvalue weighted by atomic mass is 10.1. The van der Waals surface area contributed by atoms with E-state index in [9.17, 15) is 0 Å². The number of benzene rings is 2. The van der Waals surface area contributed by atoms with Gasteiger partial charge in [-0.05, 0) is 17.9 Å². The van der Waals surface area contributed by atoms with Crippen molar-refractivity contribution >= 4 is 16.5 Å². The van der Waals surface area contributed by atoms with E-state index in [1.54, 1.807) is 0 Å². The van der Waals surface area contributed by atoms with Crippen LogP contribution in [0.4, 0.5) is 5.69 Å². The van der Waals surface area contributed by atoms with Crippen molar-refractivity contribution < 1.29 is 0 Å². The lowest BCUT2D eigenvalue weighted by Crippen LogP contribution is -1.99. The fraction of sp³-hybridized carbons (Fsp3) is 0.286. The Morgan fingerprint density at radius 1 is 1.00 bits per heavy atom. The molecule has 1 nitrogen and oxygen atoms in total. The molecule has 2 rings (SSSR count). The molecule has 0 saturated carbocycles. The highest BCUT2D eigenvalue weighted by atomic mass is 14.9. The molecule has 1 heteroatoms. The summed E-state index contributed by atoms with van der Waals surface area (Å²) in [4.78, 5) is 0. The van der Waals surface area contributed by atoms with Gasteiger partial charge in [0, 0.05) is 11.9 Å². The van der Waals surface area contributed by atoms with Gasteiger partial charge in [0.05, 0.1) is 5.69 Å². The molecule has 0 fully saturated rings. The predicted octanol–water partition coefficient (Wildman–Crippen LogP) is 3.88. The first-order chi connectivity index (χ1) is 7.42. The van der Waals surface area contributed by atoms with Crippen LogP contribution in [0.5, 0.6) is 0 Å². The molecule has 2 aromatic carbocycles. The van der Waals surface area contributed by atoms with Gasteiger partial charge in [0.15, 0.2) is 0 Å². The third kappa shape index (κ3) is 2.30. The summed E-state index contributed by atoms with van der Waals surface area (Å²) in [5.74, 6) is 0. The van der Waals surface area contributed by atoms with E-state index in [1.165, 1.54) is 23.6 Å². The molecule has 0 aliphatic heterocycles. The maximum atomic E-state index is 4.62. The summed E-state index contributed by atoms with van der Waals surface area (Å²) in [6.45, 7) is 3.13. The summed E-state index contributed by atoms with van der Waals surface area (Å²) in [6.07, 6.45) is 2.37. The molecule has 0 heterocycles. The zero-order valence-electron chi connectivity index (χ0n) is 9.11. The Bertz CT molecular complexity index is 429. The molecule has 0 spiro atoms. The lowest BCUT2D eigenvalue weighted by Gasteiger charge is -2.06. The van der Waals surface area contributed by atoms with Crippen molar-refractivity contribution in [3.05, 3.63) is 42.5 Å². The average Bonchev–Trinajstić information content (AvgIpc) is 2.30. The van der Waals surface area contributed by atoms with Gasteiger partial charge in [0.25, 0.3) is 0 Å². The van der Waals surface area contributed by atoms with Crippen molar-refractivity contribution in [2.24, 2.45) is 0 Å². The Labute approximate surface area is 91.1 Å². The van der Waals surface area contributed by atoms with Gasteiger partial charge in [-0.2, -0.15) is 0 Å².